The Hall–Kier alpha value is -5.93. The van der Waals surface area contributed by atoms with E-state index in [1.54, 1.807) is 0 Å². The number of benzene rings is 2. The molecule has 8 rings (SSSR count). The van der Waals surface area contributed by atoms with Crippen LogP contribution in [0, 0.1) is 23.1 Å². The van der Waals surface area contributed by atoms with E-state index in [4.69, 9.17) is 19.4 Å². The van der Waals surface area contributed by atoms with Gasteiger partial charge in [0.15, 0.2) is 0 Å². The number of fused-ring (bicyclic) bond motifs is 2. The number of hydrogen-bond donors (Lipinski definition) is 4. The predicted octanol–water partition coefficient (Wildman–Crippen LogP) is 5.89. The average Bonchev–Trinajstić information content (AvgIpc) is 4.12. The number of amides is 4. The van der Waals surface area contributed by atoms with Gasteiger partial charge in [0.2, 0.25) is 11.8 Å². The van der Waals surface area contributed by atoms with E-state index in [0.717, 1.165) is 83.8 Å². The number of hydrogen-bond acceptors (Lipinski definition) is 9. The van der Waals surface area contributed by atoms with Gasteiger partial charge in [0.1, 0.15) is 29.5 Å². The van der Waals surface area contributed by atoms with Crippen molar-refractivity contribution in [2.75, 3.05) is 32.2 Å². The third kappa shape index (κ3) is 8.48. The zero-order chi connectivity index (χ0) is 44.7. The number of ether oxygens (including phenoxy) is 2. The number of rotatable bonds is 11. The number of carbonyl (C=O) groups is 4. The number of imidazole rings is 2. The van der Waals surface area contributed by atoms with Gasteiger partial charge in [0.05, 0.1) is 54.1 Å². The Morgan fingerprint density at radius 1 is 0.778 bits per heavy atom. The van der Waals surface area contributed by atoms with Crippen LogP contribution >= 0.6 is 0 Å². The first kappa shape index (κ1) is 43.7. The zero-order valence-corrected chi connectivity index (χ0v) is 37.2. The summed E-state index contributed by atoms with van der Waals surface area (Å²) in [5.74, 6) is 0.570. The normalized spacial score (nSPS) is 24.3. The summed E-state index contributed by atoms with van der Waals surface area (Å²) >= 11 is 0. The van der Waals surface area contributed by atoms with E-state index in [9.17, 15) is 23.6 Å². The number of likely N-dealkylation sites (tertiary alicyclic amines) is 2. The summed E-state index contributed by atoms with van der Waals surface area (Å²) in [7, 11) is 2.58. The van der Waals surface area contributed by atoms with Crippen molar-refractivity contribution in [1.29, 1.82) is 0 Å². The molecule has 63 heavy (non-hydrogen) atoms. The molecule has 3 fully saturated rings. The van der Waals surface area contributed by atoms with Gasteiger partial charge in [-0.2, -0.15) is 0 Å². The maximum absolute atomic E-state index is 14.4. The number of aromatic amines is 2. The van der Waals surface area contributed by atoms with E-state index in [0.29, 0.717) is 18.9 Å². The Bertz CT molecular complexity index is 2490. The molecule has 2 aromatic carbocycles. The van der Waals surface area contributed by atoms with Crippen LogP contribution in [-0.2, 0) is 19.1 Å². The second-order valence-corrected chi connectivity index (χ2v) is 18.5. The maximum Gasteiger partial charge on any atom is 0.407 e. The van der Waals surface area contributed by atoms with Crippen molar-refractivity contribution < 1.29 is 33.0 Å². The van der Waals surface area contributed by atoms with E-state index in [1.807, 2.05) is 49.6 Å². The summed E-state index contributed by atoms with van der Waals surface area (Å²) in [6.07, 6.45) is 8.84. The molecule has 1 unspecified atom stereocenters. The minimum atomic E-state index is -0.724. The number of halogens is 1. The highest BCUT2D eigenvalue weighted by Gasteiger charge is 2.46. The molecular weight excluding hydrogens is 806 g/mol. The van der Waals surface area contributed by atoms with Crippen molar-refractivity contribution >= 4 is 52.9 Å². The molecule has 5 heterocycles. The Labute approximate surface area is 366 Å². The molecule has 15 nitrogen and oxygen atoms in total. The van der Waals surface area contributed by atoms with Gasteiger partial charge in [0.25, 0.3) is 0 Å². The first-order valence-corrected chi connectivity index (χ1v) is 22.3. The number of nitrogens with zero attached hydrogens (tertiary/aromatic N) is 5. The van der Waals surface area contributed by atoms with Crippen LogP contribution < -0.4 is 26.2 Å². The maximum atomic E-state index is 14.4. The van der Waals surface area contributed by atoms with Gasteiger partial charge in [-0.3, -0.25) is 9.59 Å². The van der Waals surface area contributed by atoms with Crippen LogP contribution in [0.5, 0.6) is 0 Å². The van der Waals surface area contributed by atoms with Crippen molar-refractivity contribution in [2.24, 2.45) is 17.3 Å². The lowest BCUT2D eigenvalue weighted by atomic mass is 9.76. The molecule has 336 valence electrons. The smallest absolute Gasteiger partial charge is 0.407 e. The number of methoxy groups -OCH3 is 2. The molecule has 4 N–H and O–H groups in total. The fraction of sp³-hybridized carbons (Fsp3) is 0.532. The van der Waals surface area contributed by atoms with Crippen molar-refractivity contribution in [3.05, 3.63) is 76.2 Å². The van der Waals surface area contributed by atoms with Crippen LogP contribution in [0.25, 0.3) is 23.2 Å². The molecule has 4 amide bonds. The molecule has 4 aliphatic rings. The van der Waals surface area contributed by atoms with Gasteiger partial charge in [-0.1, -0.05) is 46.8 Å². The predicted molar refractivity (Wildman–Crippen MR) is 236 cm³/mol. The van der Waals surface area contributed by atoms with Gasteiger partial charge >= 0.3 is 12.2 Å². The molecule has 16 heteroatoms. The third-order valence-electron chi connectivity index (χ3n) is 13.7. The number of nitrogens with one attached hydrogen (secondary N) is 4. The zero-order valence-electron chi connectivity index (χ0n) is 37.2. The molecule has 0 saturated carbocycles. The fourth-order valence-electron chi connectivity index (χ4n) is 10.3. The van der Waals surface area contributed by atoms with Crippen LogP contribution in [0.2, 0.25) is 0 Å². The van der Waals surface area contributed by atoms with E-state index in [1.165, 1.54) is 26.4 Å². The highest BCUT2D eigenvalue weighted by atomic mass is 19.1. The molecule has 3 saturated heterocycles. The quantitative estimate of drug-likeness (QED) is 0.143. The summed E-state index contributed by atoms with van der Waals surface area (Å²) < 4.78 is 24.1. The van der Waals surface area contributed by atoms with Crippen LogP contribution in [0.4, 0.5) is 19.7 Å². The second kappa shape index (κ2) is 17.7. The Kier molecular flexibility index (Phi) is 12.3. The van der Waals surface area contributed by atoms with Gasteiger partial charge < -0.3 is 44.8 Å². The van der Waals surface area contributed by atoms with E-state index >= 15 is 0 Å². The molecule has 4 aromatic rings. The lowest BCUT2D eigenvalue weighted by molar-refractivity contribution is -0.136. The van der Waals surface area contributed by atoms with Crippen molar-refractivity contribution in [3.63, 3.8) is 0 Å². The molecule has 0 spiro atoms. The molecule has 3 aliphatic heterocycles. The highest BCUT2D eigenvalue weighted by molar-refractivity contribution is 5.87. The Morgan fingerprint density at radius 3 is 1.94 bits per heavy atom. The third-order valence-corrected chi connectivity index (χ3v) is 13.7. The Morgan fingerprint density at radius 2 is 1.37 bits per heavy atom. The topological polar surface area (TPSA) is 178 Å². The number of alkyl carbamates (subject to hydrolysis) is 2. The molecular formula is C47H60FN9O6. The summed E-state index contributed by atoms with van der Waals surface area (Å²) in [4.78, 5) is 75.3. The van der Waals surface area contributed by atoms with Crippen LogP contribution in [0.3, 0.4) is 0 Å². The molecule has 0 radical (unpaired) electrons. The minimum absolute atomic E-state index is 0.0299. The van der Waals surface area contributed by atoms with Gasteiger partial charge in [-0.25, -0.2) is 23.9 Å². The summed E-state index contributed by atoms with van der Waals surface area (Å²) in [6.45, 7) is 11.0. The van der Waals surface area contributed by atoms with Gasteiger partial charge in [-0.15, -0.1) is 0 Å². The lowest BCUT2D eigenvalue weighted by Crippen LogP contribution is -2.51. The number of anilines is 1. The molecule has 1 aliphatic carbocycles. The van der Waals surface area contributed by atoms with Gasteiger partial charge in [-0.05, 0) is 105 Å². The first-order valence-electron chi connectivity index (χ1n) is 22.3. The van der Waals surface area contributed by atoms with Crippen molar-refractivity contribution in [3.8, 4) is 0 Å². The fourth-order valence-corrected chi connectivity index (χ4v) is 10.3. The SMILES string of the molecule is COC(=O)N[C@H](C(=O)N1CCC[C@H]1c1nc2c([nH]1)=CCC(C)([C@@H]1CC[C@@H](c3ccc4[nH]c([C@@H]5CCCN5C(=O)[C@@H](NC(=O)OC)C(C)C)nc4c3)N1c1ccc(F)cc1)C=2)C(C)C. The second-order valence-electron chi connectivity index (χ2n) is 18.5. The van der Waals surface area contributed by atoms with Crippen LogP contribution in [0.15, 0.2) is 42.5 Å². The van der Waals surface area contributed by atoms with Crippen molar-refractivity contribution in [2.45, 2.75) is 116 Å². The number of H-pyrrole nitrogens is 2. The molecule has 0 bridgehead atoms. The minimum Gasteiger partial charge on any atom is -0.453 e. The molecule has 2 aromatic heterocycles. The van der Waals surface area contributed by atoms with Crippen LogP contribution in [0.1, 0.15) is 115 Å². The summed E-state index contributed by atoms with van der Waals surface area (Å²) in [5.41, 5.74) is 3.34. The average molecular weight is 866 g/mol. The highest BCUT2D eigenvalue weighted by Crippen LogP contribution is 2.49. The number of carbonyl (C=O) groups excluding carboxylic acids is 4. The van der Waals surface area contributed by atoms with Crippen LogP contribution in [-0.4, -0.2) is 99.2 Å². The summed E-state index contributed by atoms with van der Waals surface area (Å²) in [5, 5.41) is 7.23. The lowest BCUT2D eigenvalue weighted by Gasteiger charge is -2.42. The van der Waals surface area contributed by atoms with Gasteiger partial charge in [0, 0.05) is 30.2 Å². The number of aromatic nitrogens is 4. The van der Waals surface area contributed by atoms with E-state index in [2.05, 4.69) is 62.8 Å². The molecule has 7 atom stereocenters. The first-order chi connectivity index (χ1) is 30.2. The summed E-state index contributed by atoms with van der Waals surface area (Å²) in [6, 6.07) is 11.1. The largest absolute Gasteiger partial charge is 0.453 e. The standard InChI is InChI=1S/C47H60FN9O6/c1-26(2)39(53-45(60)62-6)43(58)55-22-8-10-36(55)41-49-31-17-12-28(24-33(31)51-41)35-18-19-38(57(35)30-15-13-29(48)14-16-30)47(5)21-20-32-34(25-47)52-42(50-32)37-11-9-23-56(37)44(59)40(27(3)4)54-46(61)63-7/h12-17,20,24-27,35-40H,8-11,18-19,21-23H2,1-7H3,(H,49,51)(H,50,52)(H,53,60)(H,54,61)/t35-,36-,37-,38-,39-,40-,47?/m0/s1. The van der Waals surface area contributed by atoms with E-state index in [-0.39, 0.29) is 59.0 Å². The monoisotopic (exact) mass is 865 g/mol. The van der Waals surface area contributed by atoms with Crippen molar-refractivity contribution in [1.82, 2.24) is 40.4 Å². The Balaban J connectivity index is 1.07. The van der Waals surface area contributed by atoms with E-state index < -0.39 is 24.3 Å².